The van der Waals surface area contributed by atoms with Crippen LogP contribution < -0.4 is 0 Å². The first kappa shape index (κ1) is 20.9. The molecule has 1 aromatic rings. The van der Waals surface area contributed by atoms with E-state index in [1.54, 1.807) is 16.7 Å². The fraction of sp³-hybridized carbons (Fsp3) is 0.769. The zero-order valence-electron chi connectivity index (χ0n) is 19.5. The van der Waals surface area contributed by atoms with Gasteiger partial charge < -0.3 is 14.4 Å². The topological polar surface area (TPSA) is 24.9 Å². The molecule has 4 fully saturated rings. The van der Waals surface area contributed by atoms with E-state index in [2.05, 4.69) is 43.7 Å². The van der Waals surface area contributed by atoms with Gasteiger partial charge in [-0.1, -0.05) is 6.07 Å². The number of hydrogen-bond acceptors (Lipinski definition) is 4. The van der Waals surface area contributed by atoms with Crippen molar-refractivity contribution in [2.75, 3.05) is 53.0 Å². The van der Waals surface area contributed by atoms with E-state index in [-0.39, 0.29) is 5.60 Å². The molecule has 0 amide bonds. The second kappa shape index (κ2) is 8.20. The zero-order valence-corrected chi connectivity index (χ0v) is 19.5. The van der Waals surface area contributed by atoms with Gasteiger partial charge in [0.15, 0.2) is 0 Å². The van der Waals surface area contributed by atoms with Crippen LogP contribution in [0.25, 0.3) is 0 Å². The van der Waals surface area contributed by atoms with Gasteiger partial charge in [-0.25, -0.2) is 0 Å². The van der Waals surface area contributed by atoms with E-state index >= 15 is 0 Å². The van der Waals surface area contributed by atoms with Crippen LogP contribution in [0.4, 0.5) is 0 Å². The number of likely N-dealkylation sites (tertiary alicyclic amines) is 2. The summed E-state index contributed by atoms with van der Waals surface area (Å²) in [6, 6.07) is 3.18. The van der Waals surface area contributed by atoms with Crippen LogP contribution >= 0.6 is 0 Å². The molecule has 0 aliphatic carbocycles. The van der Waals surface area contributed by atoms with Gasteiger partial charge in [0.2, 0.25) is 0 Å². The van der Waals surface area contributed by atoms with Crippen molar-refractivity contribution >= 4 is 0 Å². The van der Waals surface area contributed by atoms with E-state index in [0.717, 1.165) is 32.9 Å². The highest BCUT2D eigenvalue weighted by Gasteiger charge is 2.49. The second-order valence-corrected chi connectivity index (χ2v) is 10.7. The number of rotatable bonds is 3. The fourth-order valence-corrected chi connectivity index (χ4v) is 6.79. The molecule has 166 valence electrons. The van der Waals surface area contributed by atoms with E-state index in [1.807, 2.05) is 0 Å². The van der Waals surface area contributed by atoms with E-state index < -0.39 is 0 Å². The largest absolute Gasteiger partial charge is 0.381 e. The van der Waals surface area contributed by atoms with Crippen molar-refractivity contribution in [1.82, 2.24) is 9.80 Å². The summed E-state index contributed by atoms with van der Waals surface area (Å²) in [7, 11) is 2.20. The third kappa shape index (κ3) is 3.74. The van der Waals surface area contributed by atoms with Crippen LogP contribution in [0.15, 0.2) is 6.07 Å². The van der Waals surface area contributed by atoms with E-state index in [0.29, 0.717) is 17.9 Å². The van der Waals surface area contributed by atoms with Crippen LogP contribution in [-0.4, -0.2) is 74.5 Å². The molecular weight excluding hydrogens is 372 g/mol. The molecule has 4 nitrogen and oxygen atoms in total. The standard InChI is InChI=1S/C26H40N2O2/c1-18-13-24(25(20(3)19(18)2)22-7-11-29-12-8-22)21-5-9-28(10-6-21)23-14-26(30-15-23)16-27(4)17-26/h13,21-23H,5-12,14-17H2,1-4H3/t23-/m0/s1. The minimum absolute atomic E-state index is 0.178. The average Bonchev–Trinajstić information content (AvgIpc) is 3.17. The fourth-order valence-electron chi connectivity index (χ4n) is 6.79. The Hall–Kier alpha value is -0.940. The highest BCUT2D eigenvalue weighted by molar-refractivity contribution is 5.48. The Morgan fingerprint density at radius 2 is 1.63 bits per heavy atom. The number of likely N-dealkylation sites (N-methyl/N-ethyl adjacent to an activating group) is 1. The van der Waals surface area contributed by atoms with Crippen molar-refractivity contribution in [2.24, 2.45) is 0 Å². The third-order valence-corrected chi connectivity index (χ3v) is 8.66. The quantitative estimate of drug-likeness (QED) is 0.744. The van der Waals surface area contributed by atoms with Crippen molar-refractivity contribution < 1.29 is 9.47 Å². The van der Waals surface area contributed by atoms with E-state index in [1.165, 1.54) is 56.3 Å². The molecule has 0 N–H and O–H groups in total. The minimum atomic E-state index is 0.178. The van der Waals surface area contributed by atoms with Crippen LogP contribution in [0, 0.1) is 20.8 Å². The molecule has 0 bridgehead atoms. The normalized spacial score (nSPS) is 28.9. The van der Waals surface area contributed by atoms with Crippen molar-refractivity contribution in [3.63, 3.8) is 0 Å². The van der Waals surface area contributed by atoms with Gasteiger partial charge in [-0.15, -0.1) is 0 Å². The van der Waals surface area contributed by atoms with Gasteiger partial charge in [-0.05, 0) is 113 Å². The molecule has 0 unspecified atom stereocenters. The summed E-state index contributed by atoms with van der Waals surface area (Å²) in [6.07, 6.45) is 6.19. The maximum atomic E-state index is 6.27. The zero-order chi connectivity index (χ0) is 20.9. The second-order valence-electron chi connectivity index (χ2n) is 10.7. The number of piperidine rings is 1. The first-order chi connectivity index (χ1) is 14.5. The smallest absolute Gasteiger partial charge is 0.0951 e. The summed E-state index contributed by atoms with van der Waals surface area (Å²) in [4.78, 5) is 5.13. The van der Waals surface area contributed by atoms with Crippen LogP contribution in [0.5, 0.6) is 0 Å². The molecule has 1 atom stereocenters. The summed E-state index contributed by atoms with van der Waals surface area (Å²) in [5.74, 6) is 1.40. The van der Waals surface area contributed by atoms with Crippen LogP contribution in [0.3, 0.4) is 0 Å². The Labute approximate surface area is 182 Å². The SMILES string of the molecule is Cc1cc(C2CCN([C@@H]3COC4(C3)CN(C)C4)CC2)c(C2CCOCC2)c(C)c1C. The molecule has 0 saturated carbocycles. The summed E-state index contributed by atoms with van der Waals surface area (Å²) in [5.41, 5.74) is 8.05. The molecule has 30 heavy (non-hydrogen) atoms. The van der Waals surface area contributed by atoms with Crippen LogP contribution in [0.1, 0.15) is 71.8 Å². The minimum Gasteiger partial charge on any atom is -0.381 e. The van der Waals surface area contributed by atoms with Crippen LogP contribution in [0.2, 0.25) is 0 Å². The van der Waals surface area contributed by atoms with Gasteiger partial charge >= 0.3 is 0 Å². The van der Waals surface area contributed by atoms with Crippen molar-refractivity contribution in [3.8, 4) is 0 Å². The lowest BCUT2D eigenvalue weighted by atomic mass is 9.76. The Morgan fingerprint density at radius 1 is 0.933 bits per heavy atom. The van der Waals surface area contributed by atoms with Gasteiger partial charge in [-0.2, -0.15) is 0 Å². The Balaban J connectivity index is 1.30. The lowest BCUT2D eigenvalue weighted by Gasteiger charge is -2.45. The predicted molar refractivity (Wildman–Crippen MR) is 122 cm³/mol. The van der Waals surface area contributed by atoms with Gasteiger partial charge in [-0.3, -0.25) is 4.90 Å². The molecular formula is C26H40N2O2. The molecule has 4 saturated heterocycles. The molecule has 0 aromatic heterocycles. The molecule has 4 heteroatoms. The van der Waals surface area contributed by atoms with Crippen molar-refractivity contribution in [3.05, 3.63) is 33.9 Å². The number of hydrogen-bond donors (Lipinski definition) is 0. The molecule has 1 spiro atoms. The van der Waals surface area contributed by atoms with E-state index in [9.17, 15) is 0 Å². The average molecular weight is 413 g/mol. The summed E-state index contributed by atoms with van der Waals surface area (Å²) >= 11 is 0. The number of benzene rings is 1. The highest BCUT2D eigenvalue weighted by atomic mass is 16.5. The number of nitrogens with zero attached hydrogens (tertiary/aromatic N) is 2. The van der Waals surface area contributed by atoms with Gasteiger partial charge in [0.1, 0.15) is 0 Å². The predicted octanol–water partition coefficient (Wildman–Crippen LogP) is 4.16. The maximum absolute atomic E-state index is 6.27. The lowest BCUT2D eigenvalue weighted by Crippen LogP contribution is -2.60. The number of aryl methyl sites for hydroxylation is 1. The monoisotopic (exact) mass is 412 g/mol. The molecule has 4 aliphatic rings. The summed E-state index contributed by atoms with van der Waals surface area (Å²) in [6.45, 7) is 14.5. The van der Waals surface area contributed by atoms with Gasteiger partial charge in [0.25, 0.3) is 0 Å². The molecule has 5 rings (SSSR count). The first-order valence-electron chi connectivity index (χ1n) is 12.2. The molecule has 0 radical (unpaired) electrons. The lowest BCUT2D eigenvalue weighted by molar-refractivity contribution is -0.100. The van der Waals surface area contributed by atoms with E-state index in [4.69, 9.17) is 9.47 Å². The van der Waals surface area contributed by atoms with Crippen molar-refractivity contribution in [1.29, 1.82) is 0 Å². The first-order valence-corrected chi connectivity index (χ1v) is 12.2. The van der Waals surface area contributed by atoms with Crippen LogP contribution in [-0.2, 0) is 9.47 Å². The summed E-state index contributed by atoms with van der Waals surface area (Å²) in [5, 5.41) is 0. The van der Waals surface area contributed by atoms with Crippen molar-refractivity contribution in [2.45, 2.75) is 76.4 Å². The van der Waals surface area contributed by atoms with Gasteiger partial charge in [0.05, 0.1) is 12.2 Å². The Bertz CT molecular complexity index is 772. The molecule has 4 heterocycles. The Morgan fingerprint density at radius 3 is 2.30 bits per heavy atom. The highest BCUT2D eigenvalue weighted by Crippen LogP contribution is 2.42. The number of ether oxygens (including phenoxy) is 2. The Kier molecular flexibility index (Phi) is 5.72. The molecule has 4 aliphatic heterocycles. The maximum Gasteiger partial charge on any atom is 0.0951 e. The summed E-state index contributed by atoms with van der Waals surface area (Å²) < 4.78 is 12.0. The third-order valence-electron chi connectivity index (χ3n) is 8.66. The van der Waals surface area contributed by atoms with Gasteiger partial charge in [0, 0.05) is 32.3 Å². The molecule has 1 aromatic carbocycles.